The molecule has 0 N–H and O–H groups in total. The zero-order chi connectivity index (χ0) is 29.5. The predicted octanol–water partition coefficient (Wildman–Crippen LogP) is 11.9. The zero-order valence-corrected chi connectivity index (χ0v) is 25.1. The van der Waals surface area contributed by atoms with E-state index in [0.717, 1.165) is 0 Å². The molecular weight excluding hydrogens is 565 g/mol. The molecule has 0 aliphatic carbocycles. The quantitative estimate of drug-likeness (QED) is 0.194. The number of rotatable bonds is 3. The van der Waals surface area contributed by atoms with Gasteiger partial charge < -0.3 is 9.13 Å². The van der Waals surface area contributed by atoms with Crippen molar-refractivity contribution in [3.63, 3.8) is 0 Å². The molecule has 0 aliphatic heterocycles. The molecule has 7 aromatic carbocycles. The molecule has 45 heavy (non-hydrogen) atoms. The third-order valence-corrected chi connectivity index (χ3v) is 10.4. The molecule has 0 aliphatic rings. The SMILES string of the molecule is c1ccc(-n2c3ccccc3c3c4c5ccccc5n(-c5cccc(-c6cccc7sc8ccccc8c67)c5)c4ccc32)cc1. The smallest absolute Gasteiger partial charge is 0.0548 e. The highest BCUT2D eigenvalue weighted by molar-refractivity contribution is 7.25. The summed E-state index contributed by atoms with van der Waals surface area (Å²) >= 11 is 1.87. The lowest BCUT2D eigenvalue weighted by Crippen LogP contribution is -1.95. The monoisotopic (exact) mass is 590 g/mol. The summed E-state index contributed by atoms with van der Waals surface area (Å²) in [7, 11) is 0. The van der Waals surface area contributed by atoms with Gasteiger partial charge in [0.05, 0.1) is 22.1 Å². The average Bonchev–Trinajstić information content (AvgIpc) is 3.76. The first-order valence-corrected chi connectivity index (χ1v) is 16.2. The van der Waals surface area contributed by atoms with Crippen LogP contribution < -0.4 is 0 Å². The fourth-order valence-corrected chi connectivity index (χ4v) is 8.61. The van der Waals surface area contributed by atoms with Gasteiger partial charge in [0.15, 0.2) is 0 Å². The molecule has 3 aromatic heterocycles. The van der Waals surface area contributed by atoms with Gasteiger partial charge in [0.25, 0.3) is 0 Å². The van der Waals surface area contributed by atoms with Crippen LogP contribution >= 0.6 is 11.3 Å². The Balaban J connectivity index is 1.28. The van der Waals surface area contributed by atoms with Crippen molar-refractivity contribution >= 4 is 75.1 Å². The lowest BCUT2D eigenvalue weighted by atomic mass is 9.99. The summed E-state index contributed by atoms with van der Waals surface area (Å²) in [5.74, 6) is 0. The van der Waals surface area contributed by atoms with E-state index in [-0.39, 0.29) is 0 Å². The summed E-state index contributed by atoms with van der Waals surface area (Å²) in [6.45, 7) is 0. The zero-order valence-electron chi connectivity index (χ0n) is 24.3. The largest absolute Gasteiger partial charge is 0.309 e. The number of thiophene rings is 1. The van der Waals surface area contributed by atoms with E-state index in [9.17, 15) is 0 Å². The molecule has 0 atom stereocenters. The van der Waals surface area contributed by atoms with Crippen molar-refractivity contribution in [2.45, 2.75) is 0 Å². The Morgan fingerprint density at radius 1 is 0.356 bits per heavy atom. The predicted molar refractivity (Wildman–Crippen MR) is 193 cm³/mol. The second-order valence-electron chi connectivity index (χ2n) is 11.7. The molecule has 0 saturated carbocycles. The van der Waals surface area contributed by atoms with E-state index < -0.39 is 0 Å². The first kappa shape index (κ1) is 24.8. The minimum Gasteiger partial charge on any atom is -0.309 e. The first-order valence-electron chi connectivity index (χ1n) is 15.4. The highest BCUT2D eigenvalue weighted by Crippen LogP contribution is 2.44. The lowest BCUT2D eigenvalue weighted by Gasteiger charge is -2.12. The molecule has 0 unspecified atom stereocenters. The Morgan fingerprint density at radius 3 is 1.64 bits per heavy atom. The molecule has 3 heterocycles. The van der Waals surface area contributed by atoms with E-state index in [2.05, 4.69) is 167 Å². The summed E-state index contributed by atoms with van der Waals surface area (Å²) in [4.78, 5) is 0. The second kappa shape index (κ2) is 9.43. The van der Waals surface area contributed by atoms with Crippen LogP contribution in [0.5, 0.6) is 0 Å². The normalized spacial score (nSPS) is 12.0. The molecule has 0 radical (unpaired) electrons. The average molecular weight is 591 g/mol. The fourth-order valence-electron chi connectivity index (χ4n) is 7.48. The summed E-state index contributed by atoms with van der Waals surface area (Å²) in [5.41, 5.74) is 9.74. The van der Waals surface area contributed by atoms with Crippen molar-refractivity contribution in [1.29, 1.82) is 0 Å². The number of hydrogen-bond acceptors (Lipinski definition) is 1. The topological polar surface area (TPSA) is 9.86 Å². The minimum absolute atomic E-state index is 1.17. The van der Waals surface area contributed by atoms with Gasteiger partial charge in [-0.25, -0.2) is 0 Å². The van der Waals surface area contributed by atoms with Crippen LogP contribution in [-0.2, 0) is 0 Å². The van der Waals surface area contributed by atoms with Crippen molar-refractivity contribution in [3.8, 4) is 22.5 Å². The van der Waals surface area contributed by atoms with Gasteiger partial charge in [-0.2, -0.15) is 0 Å². The van der Waals surface area contributed by atoms with Gasteiger partial charge in [-0.1, -0.05) is 97.1 Å². The van der Waals surface area contributed by atoms with Crippen LogP contribution in [0.15, 0.2) is 158 Å². The molecule has 0 bridgehead atoms. The van der Waals surface area contributed by atoms with E-state index in [0.29, 0.717) is 0 Å². The van der Waals surface area contributed by atoms with Crippen LogP contribution in [0.2, 0.25) is 0 Å². The summed E-state index contributed by atoms with van der Waals surface area (Å²) in [6, 6.07) is 57.6. The van der Waals surface area contributed by atoms with Crippen LogP contribution in [0.25, 0.3) is 86.3 Å². The third kappa shape index (κ3) is 3.50. The van der Waals surface area contributed by atoms with E-state index in [1.54, 1.807) is 0 Å². The van der Waals surface area contributed by atoms with Gasteiger partial charge in [-0.3, -0.25) is 0 Å². The first-order chi connectivity index (χ1) is 22.3. The molecule has 0 fully saturated rings. The number of benzene rings is 7. The van der Waals surface area contributed by atoms with E-state index in [4.69, 9.17) is 0 Å². The Kier molecular flexibility index (Phi) is 5.19. The van der Waals surface area contributed by atoms with Crippen molar-refractivity contribution in [1.82, 2.24) is 9.13 Å². The van der Waals surface area contributed by atoms with Crippen molar-refractivity contribution in [2.24, 2.45) is 0 Å². The van der Waals surface area contributed by atoms with Gasteiger partial charge in [0, 0.05) is 53.1 Å². The summed E-state index contributed by atoms with van der Waals surface area (Å²) in [5, 5.41) is 7.80. The standard InChI is InChI=1S/C42H26N2S/c1-2-13-28(14-3-1)43-34-20-7-4-16-31(34)41-36(43)24-25-37-42(41)32-17-5-8-21-35(32)44(37)29-15-10-12-27(26-29)30-19-11-23-39-40(30)33-18-6-9-22-38(33)45-39/h1-26H. The number of fused-ring (bicyclic) bond motifs is 10. The van der Waals surface area contributed by atoms with Crippen LogP contribution in [-0.4, -0.2) is 9.13 Å². The van der Waals surface area contributed by atoms with Crippen LogP contribution in [0.3, 0.4) is 0 Å². The molecule has 210 valence electrons. The fraction of sp³-hybridized carbons (Fsp3) is 0. The van der Waals surface area contributed by atoms with Crippen LogP contribution in [0.1, 0.15) is 0 Å². The molecule has 10 aromatic rings. The Bertz CT molecular complexity index is 2760. The number of nitrogens with zero attached hydrogens (tertiary/aromatic N) is 2. The Hall–Kier alpha value is -5.64. The summed E-state index contributed by atoms with van der Waals surface area (Å²) in [6.07, 6.45) is 0. The molecular formula is C42H26N2S. The maximum Gasteiger partial charge on any atom is 0.0548 e. The molecule has 3 heteroatoms. The Morgan fingerprint density at radius 2 is 0.911 bits per heavy atom. The highest BCUT2D eigenvalue weighted by Gasteiger charge is 2.20. The molecule has 0 spiro atoms. The van der Waals surface area contributed by atoms with E-state index >= 15 is 0 Å². The highest BCUT2D eigenvalue weighted by atomic mass is 32.1. The molecule has 0 amide bonds. The van der Waals surface area contributed by atoms with Gasteiger partial charge in [0.2, 0.25) is 0 Å². The lowest BCUT2D eigenvalue weighted by molar-refractivity contribution is 1.17. The van der Waals surface area contributed by atoms with Crippen LogP contribution in [0.4, 0.5) is 0 Å². The van der Waals surface area contributed by atoms with Gasteiger partial charge in [-0.15, -0.1) is 11.3 Å². The van der Waals surface area contributed by atoms with Crippen molar-refractivity contribution in [2.75, 3.05) is 0 Å². The number of para-hydroxylation sites is 3. The second-order valence-corrected chi connectivity index (χ2v) is 12.8. The van der Waals surface area contributed by atoms with Gasteiger partial charge in [-0.05, 0) is 71.8 Å². The van der Waals surface area contributed by atoms with Crippen LogP contribution in [0, 0.1) is 0 Å². The number of aromatic nitrogens is 2. The molecule has 10 rings (SSSR count). The van der Waals surface area contributed by atoms with E-state index in [1.165, 1.54) is 86.3 Å². The van der Waals surface area contributed by atoms with Crippen molar-refractivity contribution < 1.29 is 0 Å². The maximum absolute atomic E-state index is 2.45. The van der Waals surface area contributed by atoms with E-state index in [1.807, 2.05) is 11.3 Å². The summed E-state index contributed by atoms with van der Waals surface area (Å²) < 4.78 is 7.52. The maximum atomic E-state index is 2.45. The number of hydrogen-bond donors (Lipinski definition) is 0. The van der Waals surface area contributed by atoms with Crippen molar-refractivity contribution in [3.05, 3.63) is 158 Å². The van der Waals surface area contributed by atoms with Gasteiger partial charge >= 0.3 is 0 Å². The Labute approximate surface area is 263 Å². The minimum atomic E-state index is 1.17. The molecule has 2 nitrogen and oxygen atoms in total. The van der Waals surface area contributed by atoms with Gasteiger partial charge in [0.1, 0.15) is 0 Å². The molecule has 0 saturated heterocycles. The third-order valence-electron chi connectivity index (χ3n) is 9.30.